The van der Waals surface area contributed by atoms with Crippen molar-refractivity contribution in [2.75, 3.05) is 26.4 Å². The summed E-state index contributed by atoms with van der Waals surface area (Å²) in [5.74, 6) is -5.43. The lowest BCUT2D eigenvalue weighted by molar-refractivity contribution is -0.308. The van der Waals surface area contributed by atoms with Crippen LogP contribution in [-0.2, 0) is 34.2 Å². The molecule has 378 valence electrons. The molecular formula is C44H52O25. The molecule has 4 fully saturated rings. The van der Waals surface area contributed by atoms with E-state index in [-0.39, 0.29) is 44.5 Å². The van der Waals surface area contributed by atoms with Gasteiger partial charge in [-0.3, -0.25) is 4.79 Å². The van der Waals surface area contributed by atoms with Crippen LogP contribution in [0.4, 0.5) is 0 Å². The molecule has 1 aliphatic carbocycles. The number of carbonyl (C=O) groups excluding carboxylic acids is 1. The van der Waals surface area contributed by atoms with Gasteiger partial charge in [0.15, 0.2) is 18.4 Å². The number of carbonyl (C=O) groups is 1. The largest absolute Gasteiger partial charge is 0.507 e. The van der Waals surface area contributed by atoms with Crippen molar-refractivity contribution in [2.45, 2.75) is 130 Å². The SMILES string of the molecule is CC1=C2c3c(C)cc(O)c4c(O[C@@H]5O[C@H](CO[C@@H]6OC[C@@H](O)[C@H](O)[C@H]6O)[C@@H](O)[C@H](O)[C@H]5O)ccc(c34)O[C@]2(O)c2c(O[C@@H]3O[C@H](CO[C@H]4OC[C@@H](O)[C@H](O)[C@H]4O)[C@@H](O)[C@H](O)[C@H]3O)ccc(O)c2C1=O. The maximum atomic E-state index is 14.4. The van der Waals surface area contributed by atoms with E-state index in [1.165, 1.54) is 25.1 Å². The van der Waals surface area contributed by atoms with Gasteiger partial charge in [-0.1, -0.05) is 0 Å². The monoisotopic (exact) mass is 980 g/mol. The van der Waals surface area contributed by atoms with Crippen molar-refractivity contribution >= 4 is 22.1 Å². The van der Waals surface area contributed by atoms with Gasteiger partial charge >= 0.3 is 0 Å². The molecule has 19 atom stereocenters. The van der Waals surface area contributed by atoms with Crippen LogP contribution in [0.5, 0.6) is 28.7 Å². The summed E-state index contributed by atoms with van der Waals surface area (Å²) in [7, 11) is 0. The third-order valence-corrected chi connectivity index (χ3v) is 13.2. The van der Waals surface area contributed by atoms with Crippen LogP contribution in [0.2, 0.25) is 0 Å². The Balaban J connectivity index is 1.02. The van der Waals surface area contributed by atoms with E-state index in [0.29, 0.717) is 0 Å². The lowest BCUT2D eigenvalue weighted by atomic mass is 9.74. The van der Waals surface area contributed by atoms with Crippen LogP contribution in [0.15, 0.2) is 35.9 Å². The number of aliphatic hydroxyl groups is 13. The standard InChI is InChI=1S/C44H52O25/c1-12-7-15(46)24-18(65-42-38(58)34(54)32(52)21(67-42)10-63-40-36(56)30(50)16(47)8-61-40)5-6-19-26(24)23(12)27-13(2)29(49)25-14(45)3-4-20(28(25)44(27,60)69-19)66-43-39(59)35(55)33(53)22(68-43)11-64-41-37(57)31(51)17(48)9-62-41/h3-7,16-17,21-22,30-43,45-48,50-60H,8-11H2,1-2H3/t16-,17-,21-,22-,30+,31+,32-,33-,34+,35+,36-,37-,38-,39-,40+,41-,42-,43-,44+/m1/s1. The second kappa shape index (κ2) is 18.6. The van der Waals surface area contributed by atoms with Gasteiger partial charge in [0.05, 0.1) is 42.9 Å². The number of phenolic OH excluding ortho intramolecular Hbond substituents is 2. The smallest absolute Gasteiger partial charge is 0.267 e. The summed E-state index contributed by atoms with van der Waals surface area (Å²) in [5.41, 5.74) is -0.971. The first kappa shape index (κ1) is 49.5. The van der Waals surface area contributed by atoms with Gasteiger partial charge in [-0.05, 0) is 55.3 Å². The molecule has 9 rings (SSSR count). The van der Waals surface area contributed by atoms with Crippen LogP contribution in [0.25, 0.3) is 16.3 Å². The van der Waals surface area contributed by atoms with Gasteiger partial charge in [-0.2, -0.15) is 0 Å². The van der Waals surface area contributed by atoms with Gasteiger partial charge in [-0.15, -0.1) is 0 Å². The number of fused-ring (bicyclic) bond motifs is 4. The Kier molecular flexibility index (Phi) is 13.4. The summed E-state index contributed by atoms with van der Waals surface area (Å²) in [6, 6.07) is 5.97. The Morgan fingerprint density at radius 1 is 0.580 bits per heavy atom. The van der Waals surface area contributed by atoms with Crippen LogP contribution >= 0.6 is 0 Å². The van der Waals surface area contributed by atoms with Gasteiger partial charge in [0, 0.05) is 16.5 Å². The van der Waals surface area contributed by atoms with E-state index in [4.69, 9.17) is 42.6 Å². The minimum Gasteiger partial charge on any atom is -0.507 e. The third-order valence-electron chi connectivity index (χ3n) is 13.2. The van der Waals surface area contributed by atoms with Gasteiger partial charge in [0.2, 0.25) is 12.6 Å². The molecule has 3 aromatic rings. The molecule has 0 saturated carbocycles. The number of ether oxygens (including phenoxy) is 9. The highest BCUT2D eigenvalue weighted by Crippen LogP contribution is 2.59. The third kappa shape index (κ3) is 8.28. The number of hydrogen-bond donors (Lipinski definition) is 15. The number of Topliss-reactive ketones (excluding diaryl/α,β-unsaturated/α-hetero) is 1. The molecule has 0 spiro atoms. The molecule has 15 N–H and O–H groups in total. The van der Waals surface area contributed by atoms with Crippen LogP contribution in [0.1, 0.15) is 34.0 Å². The zero-order chi connectivity index (χ0) is 49.7. The van der Waals surface area contributed by atoms with Crippen LogP contribution < -0.4 is 14.2 Å². The molecule has 4 saturated heterocycles. The van der Waals surface area contributed by atoms with E-state index in [1.54, 1.807) is 6.92 Å². The number of ketones is 1. The fraction of sp³-hybridized carbons (Fsp3) is 0.568. The normalized spacial score (nSPS) is 40.0. The molecule has 3 aromatic carbocycles. The molecule has 5 heterocycles. The maximum absolute atomic E-state index is 14.4. The van der Waals surface area contributed by atoms with Crippen molar-refractivity contribution in [3.05, 3.63) is 58.2 Å². The topological polar surface area (TPSA) is 404 Å². The van der Waals surface area contributed by atoms with Crippen LogP contribution in [0, 0.1) is 6.92 Å². The first-order valence-corrected chi connectivity index (χ1v) is 21.7. The lowest BCUT2D eigenvalue weighted by Crippen LogP contribution is -2.61. The molecule has 69 heavy (non-hydrogen) atoms. The number of hydrogen-bond acceptors (Lipinski definition) is 25. The Bertz CT molecular complexity index is 2480. The van der Waals surface area contributed by atoms with Gasteiger partial charge < -0.3 is 119 Å². The van der Waals surface area contributed by atoms with E-state index in [0.717, 1.165) is 12.1 Å². The van der Waals surface area contributed by atoms with E-state index < -0.39 is 177 Å². The minimum atomic E-state index is -2.73. The van der Waals surface area contributed by atoms with Crippen LogP contribution in [0.3, 0.4) is 0 Å². The maximum Gasteiger partial charge on any atom is 0.267 e. The van der Waals surface area contributed by atoms with Crippen molar-refractivity contribution in [3.8, 4) is 28.7 Å². The molecule has 0 bridgehead atoms. The molecule has 0 amide bonds. The molecule has 0 aromatic heterocycles. The van der Waals surface area contributed by atoms with Crippen molar-refractivity contribution in [3.63, 3.8) is 0 Å². The quantitative estimate of drug-likeness (QED) is 0.0905. The number of rotatable bonds is 10. The van der Waals surface area contributed by atoms with Gasteiger partial charge in [0.25, 0.3) is 5.79 Å². The molecule has 6 aliphatic rings. The fourth-order valence-corrected chi connectivity index (χ4v) is 9.44. The molecule has 5 aliphatic heterocycles. The predicted octanol–water partition coefficient (Wildman–Crippen LogP) is -4.95. The second-order valence-corrected chi connectivity index (χ2v) is 17.7. The average molecular weight is 981 g/mol. The van der Waals surface area contributed by atoms with Crippen molar-refractivity contribution < 1.29 is 124 Å². The number of aryl methyl sites for hydroxylation is 1. The summed E-state index contributed by atoms with van der Waals surface area (Å²) in [4.78, 5) is 14.4. The molecule has 0 radical (unpaired) electrons. The Morgan fingerprint density at radius 2 is 1.07 bits per heavy atom. The first-order chi connectivity index (χ1) is 32.6. The first-order valence-electron chi connectivity index (χ1n) is 21.7. The second-order valence-electron chi connectivity index (χ2n) is 17.7. The zero-order valence-corrected chi connectivity index (χ0v) is 36.4. The molecular weight excluding hydrogens is 928 g/mol. The van der Waals surface area contributed by atoms with Crippen molar-refractivity contribution in [1.29, 1.82) is 0 Å². The Morgan fingerprint density at radius 3 is 1.61 bits per heavy atom. The Hall–Kier alpha value is -4.43. The zero-order valence-electron chi connectivity index (χ0n) is 36.4. The highest BCUT2D eigenvalue weighted by atomic mass is 16.7. The van der Waals surface area contributed by atoms with E-state index >= 15 is 0 Å². The summed E-state index contributed by atoms with van der Waals surface area (Å²) in [6.45, 7) is 0.847. The van der Waals surface area contributed by atoms with Crippen LogP contribution in [-0.4, -0.2) is 219 Å². The minimum absolute atomic E-state index is 0.0536. The average Bonchev–Trinajstić information content (AvgIpc) is 3.31. The highest BCUT2D eigenvalue weighted by Gasteiger charge is 2.55. The number of phenols is 2. The summed E-state index contributed by atoms with van der Waals surface area (Å²) in [5, 5.41) is 161. The lowest BCUT2D eigenvalue weighted by Gasteiger charge is -2.44. The number of benzene rings is 3. The Labute approximate surface area is 389 Å². The summed E-state index contributed by atoms with van der Waals surface area (Å²) < 4.78 is 51.6. The summed E-state index contributed by atoms with van der Waals surface area (Å²) in [6.07, 6.45) is -30.6. The molecule has 25 heteroatoms. The summed E-state index contributed by atoms with van der Waals surface area (Å²) >= 11 is 0. The number of allylic oxidation sites excluding steroid dienone is 1. The van der Waals surface area contributed by atoms with E-state index in [2.05, 4.69) is 0 Å². The highest BCUT2D eigenvalue weighted by molar-refractivity contribution is 6.21. The van der Waals surface area contributed by atoms with Gasteiger partial charge in [-0.25, -0.2) is 0 Å². The number of aliphatic hydroxyl groups excluding tert-OH is 12. The molecule has 0 unspecified atom stereocenters. The predicted molar refractivity (Wildman–Crippen MR) is 222 cm³/mol. The van der Waals surface area contributed by atoms with Crippen molar-refractivity contribution in [2.24, 2.45) is 0 Å². The number of aromatic hydroxyl groups is 2. The van der Waals surface area contributed by atoms with E-state index in [1.807, 2.05) is 0 Å². The van der Waals surface area contributed by atoms with Crippen molar-refractivity contribution in [1.82, 2.24) is 0 Å². The van der Waals surface area contributed by atoms with Gasteiger partial charge in [0.1, 0.15) is 114 Å². The van der Waals surface area contributed by atoms with E-state index in [9.17, 15) is 81.4 Å². The fourth-order valence-electron chi connectivity index (χ4n) is 9.44. The molecule has 25 nitrogen and oxygen atoms in total.